The summed E-state index contributed by atoms with van der Waals surface area (Å²) in [7, 11) is 1.72. The summed E-state index contributed by atoms with van der Waals surface area (Å²) in [5, 5.41) is 3.59. The van der Waals surface area contributed by atoms with Gasteiger partial charge < -0.3 is 10.1 Å². The molecule has 92 valence electrons. The molecule has 0 saturated carbocycles. The van der Waals surface area contributed by atoms with E-state index in [1.54, 1.807) is 7.11 Å². The van der Waals surface area contributed by atoms with E-state index in [1.807, 2.05) is 6.07 Å². The first-order valence-electron chi connectivity index (χ1n) is 6.31. The maximum absolute atomic E-state index is 5.30. The summed E-state index contributed by atoms with van der Waals surface area (Å²) in [6.45, 7) is 0.929. The molecule has 1 N–H and O–H groups in total. The van der Waals surface area contributed by atoms with E-state index in [0.717, 1.165) is 18.7 Å². The average molecular weight is 239 g/mol. The Kier molecular flexibility index (Phi) is 3.03. The maximum Gasteiger partial charge on any atom is 0.119 e. The number of nitrogens with one attached hydrogen (secondary N) is 1. The Labute approximate surface area is 108 Å². The molecule has 0 spiro atoms. The van der Waals surface area contributed by atoms with Crippen LogP contribution in [0.15, 0.2) is 48.5 Å². The smallest absolute Gasteiger partial charge is 0.119 e. The van der Waals surface area contributed by atoms with Crippen molar-refractivity contribution in [1.82, 2.24) is 5.32 Å². The molecular formula is C16H17NO. The molecule has 0 aromatic heterocycles. The molecule has 1 aliphatic rings. The number of methoxy groups -OCH3 is 1. The molecule has 1 atom stereocenters. The van der Waals surface area contributed by atoms with Crippen molar-refractivity contribution >= 4 is 0 Å². The summed E-state index contributed by atoms with van der Waals surface area (Å²) in [5.74, 6) is 0.947. The Hall–Kier alpha value is -1.80. The monoisotopic (exact) mass is 239 g/mol. The fraction of sp³-hybridized carbons (Fsp3) is 0.250. The van der Waals surface area contributed by atoms with Crippen LogP contribution in [0.4, 0.5) is 0 Å². The largest absolute Gasteiger partial charge is 0.497 e. The van der Waals surface area contributed by atoms with Gasteiger partial charge in [0.2, 0.25) is 0 Å². The van der Waals surface area contributed by atoms with Crippen LogP contribution >= 0.6 is 0 Å². The van der Waals surface area contributed by atoms with Crippen LogP contribution < -0.4 is 10.1 Å². The lowest BCUT2D eigenvalue weighted by molar-refractivity contribution is 0.412. The van der Waals surface area contributed by atoms with Crippen molar-refractivity contribution in [2.45, 2.75) is 19.0 Å². The first-order chi connectivity index (χ1) is 8.86. The van der Waals surface area contributed by atoms with Crippen molar-refractivity contribution in [3.63, 3.8) is 0 Å². The Bertz CT molecular complexity index is 536. The minimum absolute atomic E-state index is 0.408. The lowest BCUT2D eigenvalue weighted by Gasteiger charge is -2.26. The van der Waals surface area contributed by atoms with Gasteiger partial charge in [-0.15, -0.1) is 0 Å². The highest BCUT2D eigenvalue weighted by Crippen LogP contribution is 2.28. The summed E-state index contributed by atoms with van der Waals surface area (Å²) in [6, 6.07) is 17.4. The number of fused-ring (bicyclic) bond motifs is 1. The van der Waals surface area contributed by atoms with Gasteiger partial charge in [0, 0.05) is 12.6 Å². The summed E-state index contributed by atoms with van der Waals surface area (Å²) >= 11 is 0. The van der Waals surface area contributed by atoms with Crippen LogP contribution in [0.1, 0.15) is 22.7 Å². The van der Waals surface area contributed by atoms with Crippen LogP contribution in [0.3, 0.4) is 0 Å². The first-order valence-corrected chi connectivity index (χ1v) is 6.31. The zero-order chi connectivity index (χ0) is 12.4. The highest BCUT2D eigenvalue weighted by atomic mass is 16.5. The summed E-state index contributed by atoms with van der Waals surface area (Å²) < 4.78 is 5.30. The van der Waals surface area contributed by atoms with Gasteiger partial charge >= 0.3 is 0 Å². The lowest BCUT2D eigenvalue weighted by atomic mass is 9.91. The molecule has 0 bridgehead atoms. The van der Waals surface area contributed by atoms with E-state index in [-0.39, 0.29) is 0 Å². The van der Waals surface area contributed by atoms with E-state index >= 15 is 0 Å². The number of rotatable bonds is 2. The van der Waals surface area contributed by atoms with Gasteiger partial charge in [-0.2, -0.15) is 0 Å². The van der Waals surface area contributed by atoms with E-state index in [1.165, 1.54) is 16.7 Å². The van der Waals surface area contributed by atoms with E-state index in [9.17, 15) is 0 Å². The molecule has 2 nitrogen and oxygen atoms in total. The second-order valence-corrected chi connectivity index (χ2v) is 4.68. The minimum atomic E-state index is 0.408. The normalized spacial score (nSPS) is 18.2. The van der Waals surface area contributed by atoms with Crippen LogP contribution in [0, 0.1) is 0 Å². The topological polar surface area (TPSA) is 21.3 Å². The van der Waals surface area contributed by atoms with Gasteiger partial charge in [0.15, 0.2) is 0 Å². The SMILES string of the molecule is COc1ccc2c(c1)C[C@@H](c1ccccc1)NC2. The van der Waals surface area contributed by atoms with Crippen molar-refractivity contribution in [2.75, 3.05) is 7.11 Å². The van der Waals surface area contributed by atoms with Gasteiger partial charge in [-0.25, -0.2) is 0 Å². The average Bonchev–Trinajstić information content (AvgIpc) is 2.47. The summed E-state index contributed by atoms with van der Waals surface area (Å²) in [4.78, 5) is 0. The van der Waals surface area contributed by atoms with Crippen LogP contribution in [0.25, 0.3) is 0 Å². The molecule has 1 heterocycles. The van der Waals surface area contributed by atoms with Crippen molar-refractivity contribution in [2.24, 2.45) is 0 Å². The minimum Gasteiger partial charge on any atom is -0.497 e. The molecule has 2 aromatic carbocycles. The predicted octanol–water partition coefficient (Wildman–Crippen LogP) is 3.08. The molecule has 2 heteroatoms. The molecule has 2 aromatic rings. The molecule has 0 fully saturated rings. The van der Waals surface area contributed by atoms with Crippen LogP contribution in [-0.4, -0.2) is 7.11 Å². The van der Waals surface area contributed by atoms with Crippen LogP contribution in [0.2, 0.25) is 0 Å². The van der Waals surface area contributed by atoms with Gasteiger partial charge in [-0.1, -0.05) is 36.4 Å². The Morgan fingerprint density at radius 1 is 1.06 bits per heavy atom. The molecule has 0 unspecified atom stereocenters. The quantitative estimate of drug-likeness (QED) is 0.869. The Morgan fingerprint density at radius 2 is 1.89 bits per heavy atom. The zero-order valence-corrected chi connectivity index (χ0v) is 10.5. The van der Waals surface area contributed by atoms with Crippen molar-refractivity contribution in [3.05, 3.63) is 65.2 Å². The third kappa shape index (κ3) is 2.12. The second-order valence-electron chi connectivity index (χ2n) is 4.68. The molecular weight excluding hydrogens is 222 g/mol. The molecule has 0 radical (unpaired) electrons. The van der Waals surface area contributed by atoms with Crippen molar-refractivity contribution in [3.8, 4) is 5.75 Å². The van der Waals surface area contributed by atoms with Gasteiger partial charge in [0.05, 0.1) is 7.11 Å². The molecule has 1 aliphatic heterocycles. The standard InChI is InChI=1S/C16H17NO/c1-18-15-8-7-13-11-17-16(10-14(13)9-15)12-5-3-2-4-6-12/h2-9,16-17H,10-11H2,1H3/t16-/m0/s1. The van der Waals surface area contributed by atoms with Gasteiger partial charge in [-0.05, 0) is 35.2 Å². The van der Waals surface area contributed by atoms with Gasteiger partial charge in [-0.3, -0.25) is 0 Å². The predicted molar refractivity (Wildman–Crippen MR) is 72.7 cm³/mol. The van der Waals surface area contributed by atoms with E-state index in [2.05, 4.69) is 47.8 Å². The van der Waals surface area contributed by atoms with Gasteiger partial charge in [0.1, 0.15) is 5.75 Å². The van der Waals surface area contributed by atoms with Gasteiger partial charge in [0.25, 0.3) is 0 Å². The maximum atomic E-state index is 5.30. The highest BCUT2D eigenvalue weighted by Gasteiger charge is 2.19. The van der Waals surface area contributed by atoms with E-state index in [0.29, 0.717) is 6.04 Å². The fourth-order valence-electron chi connectivity index (χ4n) is 2.54. The molecule has 0 saturated heterocycles. The van der Waals surface area contributed by atoms with Crippen LogP contribution in [0.5, 0.6) is 5.75 Å². The highest BCUT2D eigenvalue weighted by molar-refractivity contribution is 5.39. The van der Waals surface area contributed by atoms with E-state index < -0.39 is 0 Å². The van der Waals surface area contributed by atoms with Crippen molar-refractivity contribution < 1.29 is 4.74 Å². The molecule has 18 heavy (non-hydrogen) atoms. The third-order valence-corrected chi connectivity index (χ3v) is 3.58. The molecule has 0 aliphatic carbocycles. The van der Waals surface area contributed by atoms with Crippen LogP contribution in [-0.2, 0) is 13.0 Å². The fourth-order valence-corrected chi connectivity index (χ4v) is 2.54. The number of hydrogen-bond acceptors (Lipinski definition) is 2. The Morgan fingerprint density at radius 3 is 2.67 bits per heavy atom. The number of hydrogen-bond donors (Lipinski definition) is 1. The first kappa shape index (κ1) is 11.3. The summed E-state index contributed by atoms with van der Waals surface area (Å²) in [5.41, 5.74) is 4.12. The number of ether oxygens (including phenoxy) is 1. The van der Waals surface area contributed by atoms with E-state index in [4.69, 9.17) is 4.74 Å². The number of benzene rings is 2. The third-order valence-electron chi connectivity index (χ3n) is 3.58. The molecule has 0 amide bonds. The Balaban J connectivity index is 1.88. The lowest BCUT2D eigenvalue weighted by Crippen LogP contribution is -2.28. The second kappa shape index (κ2) is 4.83. The van der Waals surface area contributed by atoms with Crippen molar-refractivity contribution in [1.29, 1.82) is 0 Å². The molecule has 3 rings (SSSR count). The summed E-state index contributed by atoms with van der Waals surface area (Å²) in [6.07, 6.45) is 1.02. The zero-order valence-electron chi connectivity index (χ0n) is 10.5.